The molecule has 1 atom stereocenters. The van der Waals surface area contributed by atoms with Crippen LogP contribution in [0.4, 0.5) is 0 Å². The molecule has 1 rings (SSSR count). The number of hydrogen-bond donors (Lipinski definition) is 1. The summed E-state index contributed by atoms with van der Waals surface area (Å²) in [4.78, 5) is 14.1. The molecular formula is C15H30N2O. The zero-order valence-corrected chi connectivity index (χ0v) is 12.2. The molecule has 0 bridgehead atoms. The summed E-state index contributed by atoms with van der Waals surface area (Å²) in [6, 6.07) is 0.102. The molecule has 1 saturated heterocycles. The van der Waals surface area contributed by atoms with Crippen molar-refractivity contribution in [3.05, 3.63) is 0 Å². The van der Waals surface area contributed by atoms with E-state index in [1.54, 1.807) is 0 Å². The van der Waals surface area contributed by atoms with Gasteiger partial charge in [-0.25, -0.2) is 0 Å². The summed E-state index contributed by atoms with van der Waals surface area (Å²) in [6.07, 6.45) is 9.88. The summed E-state index contributed by atoms with van der Waals surface area (Å²) in [5, 5.41) is 3.34. The van der Waals surface area contributed by atoms with Gasteiger partial charge in [0, 0.05) is 13.1 Å². The van der Waals surface area contributed by atoms with Gasteiger partial charge in [-0.2, -0.15) is 0 Å². The topological polar surface area (TPSA) is 32.3 Å². The summed E-state index contributed by atoms with van der Waals surface area (Å²) in [6.45, 7) is 7.26. The number of hydrogen-bond acceptors (Lipinski definition) is 2. The number of likely N-dealkylation sites (tertiary alicyclic amines) is 1. The second kappa shape index (κ2) is 9.37. The second-order valence-electron chi connectivity index (χ2n) is 5.39. The molecule has 3 heteroatoms. The molecule has 106 valence electrons. The molecule has 1 heterocycles. The standard InChI is InChI=1S/C15H30N2O/c1-3-5-6-7-8-9-12-17-13-10-14(15(17)18)16-11-4-2/h14,16H,3-13H2,1-2H3. The molecule has 1 amide bonds. The van der Waals surface area contributed by atoms with Crippen molar-refractivity contribution in [1.82, 2.24) is 10.2 Å². The monoisotopic (exact) mass is 254 g/mol. The van der Waals surface area contributed by atoms with Gasteiger partial charge >= 0.3 is 0 Å². The average molecular weight is 254 g/mol. The van der Waals surface area contributed by atoms with Crippen molar-refractivity contribution in [2.75, 3.05) is 19.6 Å². The van der Waals surface area contributed by atoms with E-state index in [-0.39, 0.29) is 6.04 Å². The first kappa shape index (κ1) is 15.5. The first-order valence-electron chi connectivity index (χ1n) is 7.81. The maximum atomic E-state index is 12.0. The largest absolute Gasteiger partial charge is 0.341 e. The minimum atomic E-state index is 0.102. The minimum absolute atomic E-state index is 0.102. The van der Waals surface area contributed by atoms with Crippen LogP contribution in [0, 0.1) is 0 Å². The Balaban J connectivity index is 2.07. The van der Waals surface area contributed by atoms with E-state index in [1.807, 2.05) is 4.90 Å². The Morgan fingerprint density at radius 2 is 1.83 bits per heavy atom. The summed E-state index contributed by atoms with van der Waals surface area (Å²) in [5.41, 5.74) is 0. The number of nitrogens with one attached hydrogen (secondary N) is 1. The fourth-order valence-corrected chi connectivity index (χ4v) is 2.55. The Morgan fingerprint density at radius 3 is 2.56 bits per heavy atom. The Hall–Kier alpha value is -0.570. The molecule has 1 unspecified atom stereocenters. The van der Waals surface area contributed by atoms with Crippen molar-refractivity contribution in [2.24, 2.45) is 0 Å². The Bertz CT molecular complexity index is 231. The Labute approximate surface area is 112 Å². The third kappa shape index (κ3) is 5.38. The first-order valence-corrected chi connectivity index (χ1v) is 7.81. The van der Waals surface area contributed by atoms with E-state index in [4.69, 9.17) is 0 Å². The molecule has 0 radical (unpaired) electrons. The van der Waals surface area contributed by atoms with Gasteiger partial charge < -0.3 is 10.2 Å². The molecule has 0 saturated carbocycles. The van der Waals surface area contributed by atoms with E-state index in [2.05, 4.69) is 19.2 Å². The summed E-state index contributed by atoms with van der Waals surface area (Å²) in [5.74, 6) is 0.331. The number of carbonyl (C=O) groups is 1. The van der Waals surface area contributed by atoms with Gasteiger partial charge in [-0.1, -0.05) is 46.0 Å². The molecule has 1 aliphatic heterocycles. The fraction of sp³-hybridized carbons (Fsp3) is 0.933. The lowest BCUT2D eigenvalue weighted by Gasteiger charge is -2.17. The molecule has 18 heavy (non-hydrogen) atoms. The van der Waals surface area contributed by atoms with Gasteiger partial charge in [-0.15, -0.1) is 0 Å². The van der Waals surface area contributed by atoms with Gasteiger partial charge in [0.15, 0.2) is 0 Å². The van der Waals surface area contributed by atoms with Crippen LogP contribution in [0.3, 0.4) is 0 Å². The molecule has 1 aliphatic rings. The molecule has 0 aromatic rings. The van der Waals surface area contributed by atoms with Crippen LogP contribution in [0.25, 0.3) is 0 Å². The van der Waals surface area contributed by atoms with Gasteiger partial charge in [-0.3, -0.25) is 4.79 Å². The lowest BCUT2D eigenvalue weighted by Crippen LogP contribution is -2.38. The van der Waals surface area contributed by atoms with E-state index >= 15 is 0 Å². The fourth-order valence-electron chi connectivity index (χ4n) is 2.55. The van der Waals surface area contributed by atoms with E-state index in [9.17, 15) is 4.79 Å². The highest BCUT2D eigenvalue weighted by atomic mass is 16.2. The maximum absolute atomic E-state index is 12.0. The summed E-state index contributed by atoms with van der Waals surface area (Å²) < 4.78 is 0. The van der Waals surface area contributed by atoms with Gasteiger partial charge in [0.1, 0.15) is 0 Å². The van der Waals surface area contributed by atoms with Crippen LogP contribution in [0.15, 0.2) is 0 Å². The normalized spacial score (nSPS) is 19.8. The third-order valence-corrected chi connectivity index (χ3v) is 3.72. The smallest absolute Gasteiger partial charge is 0.239 e. The van der Waals surface area contributed by atoms with Gasteiger partial charge in [0.05, 0.1) is 6.04 Å². The van der Waals surface area contributed by atoms with E-state index in [0.29, 0.717) is 5.91 Å². The molecule has 0 aromatic heterocycles. The average Bonchev–Trinajstić information content (AvgIpc) is 2.72. The number of amides is 1. The van der Waals surface area contributed by atoms with Crippen LogP contribution < -0.4 is 5.32 Å². The van der Waals surface area contributed by atoms with E-state index < -0.39 is 0 Å². The summed E-state index contributed by atoms with van der Waals surface area (Å²) in [7, 11) is 0. The van der Waals surface area contributed by atoms with Crippen LogP contribution in [0.5, 0.6) is 0 Å². The molecule has 1 fully saturated rings. The summed E-state index contributed by atoms with van der Waals surface area (Å²) >= 11 is 0. The van der Waals surface area contributed by atoms with Crippen molar-refractivity contribution in [2.45, 2.75) is 71.3 Å². The Morgan fingerprint density at radius 1 is 1.11 bits per heavy atom. The second-order valence-corrected chi connectivity index (χ2v) is 5.39. The van der Waals surface area contributed by atoms with E-state index in [0.717, 1.165) is 32.5 Å². The molecule has 0 spiro atoms. The van der Waals surface area contributed by atoms with Crippen LogP contribution >= 0.6 is 0 Å². The molecular weight excluding hydrogens is 224 g/mol. The van der Waals surface area contributed by atoms with E-state index in [1.165, 1.54) is 38.5 Å². The lowest BCUT2D eigenvalue weighted by atomic mass is 10.1. The highest BCUT2D eigenvalue weighted by Crippen LogP contribution is 2.13. The predicted octanol–water partition coefficient (Wildman–Crippen LogP) is 2.95. The minimum Gasteiger partial charge on any atom is -0.341 e. The van der Waals surface area contributed by atoms with Crippen molar-refractivity contribution >= 4 is 5.91 Å². The lowest BCUT2D eigenvalue weighted by molar-refractivity contribution is -0.129. The third-order valence-electron chi connectivity index (χ3n) is 3.72. The predicted molar refractivity (Wildman–Crippen MR) is 76.7 cm³/mol. The highest BCUT2D eigenvalue weighted by molar-refractivity contribution is 5.83. The number of rotatable bonds is 10. The maximum Gasteiger partial charge on any atom is 0.239 e. The van der Waals surface area contributed by atoms with Gasteiger partial charge in [0.2, 0.25) is 5.91 Å². The number of unbranched alkanes of at least 4 members (excludes halogenated alkanes) is 5. The molecule has 1 N–H and O–H groups in total. The zero-order valence-electron chi connectivity index (χ0n) is 12.2. The Kier molecular flexibility index (Phi) is 8.06. The zero-order chi connectivity index (χ0) is 13.2. The quantitative estimate of drug-likeness (QED) is 0.608. The van der Waals surface area contributed by atoms with Crippen LogP contribution in [-0.2, 0) is 4.79 Å². The number of carbonyl (C=O) groups excluding carboxylic acids is 1. The first-order chi connectivity index (χ1) is 8.79. The van der Waals surface area contributed by atoms with Crippen molar-refractivity contribution in [3.8, 4) is 0 Å². The molecule has 3 nitrogen and oxygen atoms in total. The molecule has 0 aliphatic carbocycles. The van der Waals surface area contributed by atoms with Crippen molar-refractivity contribution < 1.29 is 4.79 Å². The SMILES string of the molecule is CCCCCCCCN1CCC(NCCC)C1=O. The van der Waals surface area contributed by atoms with Crippen molar-refractivity contribution in [3.63, 3.8) is 0 Å². The van der Waals surface area contributed by atoms with Crippen LogP contribution in [-0.4, -0.2) is 36.5 Å². The van der Waals surface area contributed by atoms with Crippen molar-refractivity contribution in [1.29, 1.82) is 0 Å². The number of nitrogens with zero attached hydrogens (tertiary/aromatic N) is 1. The van der Waals surface area contributed by atoms with Gasteiger partial charge in [0.25, 0.3) is 0 Å². The molecule has 0 aromatic carbocycles. The van der Waals surface area contributed by atoms with Crippen LogP contribution in [0.1, 0.15) is 65.2 Å². The highest BCUT2D eigenvalue weighted by Gasteiger charge is 2.30. The van der Waals surface area contributed by atoms with Crippen LogP contribution in [0.2, 0.25) is 0 Å². The van der Waals surface area contributed by atoms with Gasteiger partial charge in [-0.05, 0) is 25.8 Å².